The Balaban J connectivity index is 1.78. The summed E-state index contributed by atoms with van der Waals surface area (Å²) in [5.41, 5.74) is 5.33. The average Bonchev–Trinajstić information content (AvgIpc) is 2.96. The zero-order chi connectivity index (χ0) is 13.0. The molecule has 1 fully saturated rings. The largest absolute Gasteiger partial charge is 0.388 e. The minimum atomic E-state index is -0.722. The molecule has 1 aromatic heterocycles. The second kappa shape index (κ2) is 5.45. The van der Waals surface area contributed by atoms with Crippen LogP contribution in [0.5, 0.6) is 0 Å². The molecule has 4 N–H and O–H groups in total. The van der Waals surface area contributed by atoms with Gasteiger partial charge in [0.15, 0.2) is 0 Å². The number of carbonyl (C=O) groups is 1. The van der Waals surface area contributed by atoms with Gasteiger partial charge in [0, 0.05) is 13.1 Å². The maximum absolute atomic E-state index is 11.7. The third-order valence-corrected chi connectivity index (χ3v) is 3.25. The zero-order valence-corrected chi connectivity index (χ0v) is 10.3. The van der Waals surface area contributed by atoms with Crippen molar-refractivity contribution in [1.82, 2.24) is 20.3 Å². The number of amides is 1. The van der Waals surface area contributed by atoms with Crippen molar-refractivity contribution in [3.8, 4) is 0 Å². The first kappa shape index (κ1) is 13.0. The van der Waals surface area contributed by atoms with Crippen molar-refractivity contribution in [2.45, 2.75) is 44.4 Å². The van der Waals surface area contributed by atoms with E-state index in [4.69, 9.17) is 5.73 Å². The molecule has 1 amide bonds. The Morgan fingerprint density at radius 2 is 2.28 bits per heavy atom. The van der Waals surface area contributed by atoms with Gasteiger partial charge >= 0.3 is 0 Å². The number of nitrogens with zero attached hydrogens (tertiary/aromatic N) is 3. The van der Waals surface area contributed by atoms with E-state index >= 15 is 0 Å². The highest BCUT2D eigenvalue weighted by Gasteiger charge is 2.31. The van der Waals surface area contributed by atoms with E-state index in [0.717, 1.165) is 25.7 Å². The zero-order valence-electron chi connectivity index (χ0n) is 10.3. The second-order valence-corrected chi connectivity index (χ2v) is 4.82. The first-order valence-corrected chi connectivity index (χ1v) is 6.19. The highest BCUT2D eigenvalue weighted by atomic mass is 16.3. The Labute approximate surface area is 105 Å². The first-order valence-electron chi connectivity index (χ1n) is 6.19. The molecule has 2 rings (SSSR count). The number of aliphatic hydroxyl groups is 1. The van der Waals surface area contributed by atoms with Crippen LogP contribution in [0, 0.1) is 0 Å². The lowest BCUT2D eigenvalue weighted by Crippen LogP contribution is -2.41. The maximum atomic E-state index is 11.7. The lowest BCUT2D eigenvalue weighted by Gasteiger charge is -2.22. The molecule has 0 radical (unpaired) electrons. The van der Waals surface area contributed by atoms with Gasteiger partial charge in [0.2, 0.25) is 5.91 Å². The Kier molecular flexibility index (Phi) is 3.93. The van der Waals surface area contributed by atoms with Crippen LogP contribution in [0.4, 0.5) is 0 Å². The molecule has 0 atom stereocenters. The second-order valence-electron chi connectivity index (χ2n) is 4.82. The SMILES string of the molecule is NCc1cn(CC(=O)NCC2(O)CCCC2)nn1. The van der Waals surface area contributed by atoms with Gasteiger partial charge in [-0.25, -0.2) is 4.68 Å². The highest BCUT2D eigenvalue weighted by molar-refractivity contribution is 5.75. The molecule has 7 heteroatoms. The van der Waals surface area contributed by atoms with Crippen LogP contribution in [0.25, 0.3) is 0 Å². The van der Waals surface area contributed by atoms with Gasteiger partial charge in [-0.05, 0) is 12.8 Å². The molecule has 0 aromatic carbocycles. The molecule has 0 saturated heterocycles. The lowest BCUT2D eigenvalue weighted by molar-refractivity contribution is -0.123. The summed E-state index contributed by atoms with van der Waals surface area (Å²) in [5, 5.41) is 20.4. The van der Waals surface area contributed by atoms with Gasteiger partial charge < -0.3 is 16.2 Å². The van der Waals surface area contributed by atoms with Crippen molar-refractivity contribution in [3.63, 3.8) is 0 Å². The monoisotopic (exact) mass is 253 g/mol. The number of nitrogens with two attached hydrogens (primary N) is 1. The summed E-state index contributed by atoms with van der Waals surface area (Å²) in [7, 11) is 0. The van der Waals surface area contributed by atoms with Crippen molar-refractivity contribution in [2.24, 2.45) is 5.73 Å². The summed E-state index contributed by atoms with van der Waals surface area (Å²) < 4.78 is 1.44. The Morgan fingerprint density at radius 1 is 1.56 bits per heavy atom. The van der Waals surface area contributed by atoms with Gasteiger partial charge in [-0.2, -0.15) is 0 Å². The molecule has 1 aliphatic carbocycles. The van der Waals surface area contributed by atoms with Crippen LogP contribution >= 0.6 is 0 Å². The molecule has 1 heterocycles. The van der Waals surface area contributed by atoms with E-state index in [9.17, 15) is 9.90 Å². The molecule has 1 aromatic rings. The number of aromatic nitrogens is 3. The summed E-state index contributed by atoms with van der Waals surface area (Å²) in [6, 6.07) is 0. The van der Waals surface area contributed by atoms with Crippen molar-refractivity contribution in [1.29, 1.82) is 0 Å². The summed E-state index contributed by atoms with van der Waals surface area (Å²) in [6.45, 7) is 0.717. The standard InChI is InChI=1S/C11H19N5O2/c12-5-9-6-16(15-14-9)7-10(17)13-8-11(18)3-1-2-4-11/h6,18H,1-5,7-8,12H2,(H,13,17). The first-order chi connectivity index (χ1) is 8.61. The third kappa shape index (κ3) is 3.27. The van der Waals surface area contributed by atoms with E-state index in [-0.39, 0.29) is 12.5 Å². The molecule has 0 aliphatic heterocycles. The number of hydrogen-bond donors (Lipinski definition) is 3. The fourth-order valence-electron chi connectivity index (χ4n) is 2.19. The van der Waals surface area contributed by atoms with Gasteiger partial charge in [0.25, 0.3) is 0 Å². The van der Waals surface area contributed by atoms with Gasteiger partial charge in [-0.15, -0.1) is 5.10 Å². The fourth-order valence-corrected chi connectivity index (χ4v) is 2.19. The molecular formula is C11H19N5O2. The van der Waals surface area contributed by atoms with E-state index in [2.05, 4.69) is 15.6 Å². The van der Waals surface area contributed by atoms with Crippen LogP contribution in [0.15, 0.2) is 6.20 Å². The third-order valence-electron chi connectivity index (χ3n) is 3.25. The van der Waals surface area contributed by atoms with Crippen LogP contribution in [0.2, 0.25) is 0 Å². The number of hydrogen-bond acceptors (Lipinski definition) is 5. The quantitative estimate of drug-likeness (QED) is 0.634. The van der Waals surface area contributed by atoms with Gasteiger partial charge in [-0.1, -0.05) is 18.1 Å². The molecule has 100 valence electrons. The Morgan fingerprint density at radius 3 is 2.89 bits per heavy atom. The normalized spacial score (nSPS) is 17.9. The molecule has 1 saturated carbocycles. The van der Waals surface area contributed by atoms with Crippen LogP contribution in [-0.4, -0.2) is 38.2 Å². The number of carbonyl (C=O) groups excluding carboxylic acids is 1. The fraction of sp³-hybridized carbons (Fsp3) is 0.727. The lowest BCUT2D eigenvalue weighted by atomic mass is 10.0. The summed E-state index contributed by atoms with van der Waals surface area (Å²) in [4.78, 5) is 11.7. The molecule has 1 aliphatic rings. The van der Waals surface area contributed by atoms with Gasteiger partial charge in [0.05, 0.1) is 17.5 Å². The van der Waals surface area contributed by atoms with E-state index in [1.807, 2.05) is 0 Å². The van der Waals surface area contributed by atoms with Gasteiger partial charge in [-0.3, -0.25) is 4.79 Å². The van der Waals surface area contributed by atoms with Crippen LogP contribution < -0.4 is 11.1 Å². The predicted molar refractivity (Wildman–Crippen MR) is 64.3 cm³/mol. The summed E-state index contributed by atoms with van der Waals surface area (Å²) in [6.07, 6.45) is 5.20. The number of nitrogens with one attached hydrogen (secondary N) is 1. The minimum Gasteiger partial charge on any atom is -0.388 e. The minimum absolute atomic E-state index is 0.100. The number of rotatable bonds is 5. The van der Waals surface area contributed by atoms with Crippen molar-refractivity contribution in [2.75, 3.05) is 6.54 Å². The van der Waals surface area contributed by atoms with E-state index in [1.165, 1.54) is 4.68 Å². The molecule has 7 nitrogen and oxygen atoms in total. The van der Waals surface area contributed by atoms with Crippen molar-refractivity contribution >= 4 is 5.91 Å². The molecule has 0 bridgehead atoms. The van der Waals surface area contributed by atoms with E-state index in [1.54, 1.807) is 6.20 Å². The molecule has 0 unspecified atom stereocenters. The maximum Gasteiger partial charge on any atom is 0.241 e. The van der Waals surface area contributed by atoms with Crippen LogP contribution in [0.3, 0.4) is 0 Å². The predicted octanol–water partition coefficient (Wildman–Crippen LogP) is -0.842. The Bertz CT molecular complexity index is 411. The summed E-state index contributed by atoms with van der Waals surface area (Å²) in [5.74, 6) is -0.177. The van der Waals surface area contributed by atoms with Crippen molar-refractivity contribution in [3.05, 3.63) is 11.9 Å². The topological polar surface area (TPSA) is 106 Å². The van der Waals surface area contributed by atoms with E-state index in [0.29, 0.717) is 18.8 Å². The Hall–Kier alpha value is -1.47. The molecule has 18 heavy (non-hydrogen) atoms. The van der Waals surface area contributed by atoms with Crippen LogP contribution in [0.1, 0.15) is 31.4 Å². The summed E-state index contributed by atoms with van der Waals surface area (Å²) >= 11 is 0. The molecular weight excluding hydrogens is 234 g/mol. The smallest absolute Gasteiger partial charge is 0.241 e. The van der Waals surface area contributed by atoms with Gasteiger partial charge in [0.1, 0.15) is 6.54 Å². The molecule has 0 spiro atoms. The van der Waals surface area contributed by atoms with E-state index < -0.39 is 5.60 Å². The average molecular weight is 253 g/mol. The highest BCUT2D eigenvalue weighted by Crippen LogP contribution is 2.28. The van der Waals surface area contributed by atoms with Crippen LogP contribution in [-0.2, 0) is 17.9 Å². The van der Waals surface area contributed by atoms with Crippen molar-refractivity contribution < 1.29 is 9.90 Å².